The lowest BCUT2D eigenvalue weighted by atomic mass is 10.0. The van der Waals surface area contributed by atoms with Gasteiger partial charge in [0.15, 0.2) is 0 Å². The number of hydrogen-bond donors (Lipinski definition) is 3. The number of nitrogens with one attached hydrogen (secondary N) is 2. The molecule has 0 radical (unpaired) electrons. The number of unbranched alkanes of at least 4 members (excludes halogenated alkanes) is 1. The molecule has 5 heteroatoms. The summed E-state index contributed by atoms with van der Waals surface area (Å²) in [7, 11) is 0. The molecule has 1 aliphatic carbocycles. The van der Waals surface area contributed by atoms with Gasteiger partial charge in [-0.15, -0.1) is 0 Å². The maximum atomic E-state index is 11.9. The van der Waals surface area contributed by atoms with E-state index in [1.807, 2.05) is 6.92 Å². The average molecular weight is 242 g/mol. The van der Waals surface area contributed by atoms with Gasteiger partial charge in [0.2, 0.25) is 5.78 Å². The van der Waals surface area contributed by atoms with Gasteiger partial charge in [-0.1, -0.05) is 19.8 Å². The second-order valence-corrected chi connectivity index (χ2v) is 4.65. The molecule has 1 fully saturated rings. The van der Waals surface area contributed by atoms with Gasteiger partial charge in [0.1, 0.15) is 6.23 Å². The minimum atomic E-state index is -0.783. The number of ketones is 1. The number of hydrogen-bond acceptors (Lipinski definition) is 4. The zero-order chi connectivity index (χ0) is 12.8. The predicted octanol–water partition coefficient (Wildman–Crippen LogP) is 0.321. The number of aliphatic hydroxyl groups is 1. The van der Waals surface area contributed by atoms with Crippen LogP contribution < -0.4 is 10.6 Å². The molecule has 1 aliphatic rings. The highest BCUT2D eigenvalue weighted by atomic mass is 16.3. The SMILES string of the molecule is CCCCC(NC(C)O)C(=O)C(=O)NC1CC1. The minimum Gasteiger partial charge on any atom is -0.379 e. The van der Waals surface area contributed by atoms with Crippen molar-refractivity contribution >= 4 is 11.7 Å². The van der Waals surface area contributed by atoms with Crippen LogP contribution in [0.1, 0.15) is 46.0 Å². The molecule has 2 unspecified atom stereocenters. The van der Waals surface area contributed by atoms with E-state index in [1.165, 1.54) is 0 Å². The topological polar surface area (TPSA) is 78.4 Å². The van der Waals surface area contributed by atoms with E-state index in [0.717, 1.165) is 25.7 Å². The third-order valence-electron chi connectivity index (χ3n) is 2.74. The highest BCUT2D eigenvalue weighted by Gasteiger charge is 2.30. The second kappa shape index (κ2) is 6.71. The average Bonchev–Trinajstić information content (AvgIpc) is 3.06. The summed E-state index contributed by atoms with van der Waals surface area (Å²) < 4.78 is 0. The van der Waals surface area contributed by atoms with Gasteiger partial charge < -0.3 is 10.4 Å². The van der Waals surface area contributed by atoms with Gasteiger partial charge in [0, 0.05) is 6.04 Å². The van der Waals surface area contributed by atoms with Crippen molar-refractivity contribution in [2.45, 2.75) is 64.3 Å². The van der Waals surface area contributed by atoms with Gasteiger partial charge in [-0.3, -0.25) is 14.9 Å². The molecule has 0 bridgehead atoms. The van der Waals surface area contributed by atoms with Crippen LogP contribution in [0.15, 0.2) is 0 Å². The summed E-state index contributed by atoms with van der Waals surface area (Å²) in [6.07, 6.45) is 3.53. The van der Waals surface area contributed by atoms with Crippen LogP contribution in [0.3, 0.4) is 0 Å². The summed E-state index contributed by atoms with van der Waals surface area (Å²) in [4.78, 5) is 23.5. The fraction of sp³-hybridized carbons (Fsp3) is 0.833. The molecule has 5 nitrogen and oxygen atoms in total. The number of aliphatic hydroxyl groups excluding tert-OH is 1. The third-order valence-corrected chi connectivity index (χ3v) is 2.74. The molecule has 0 aromatic rings. The first-order chi connectivity index (χ1) is 8.04. The van der Waals surface area contributed by atoms with Crippen molar-refractivity contribution in [3.8, 4) is 0 Å². The zero-order valence-electron chi connectivity index (χ0n) is 10.5. The molecular weight excluding hydrogens is 220 g/mol. The summed E-state index contributed by atoms with van der Waals surface area (Å²) in [6.45, 7) is 3.57. The van der Waals surface area contributed by atoms with Gasteiger partial charge in [0.25, 0.3) is 5.91 Å². The van der Waals surface area contributed by atoms with E-state index in [4.69, 9.17) is 0 Å². The molecule has 3 N–H and O–H groups in total. The second-order valence-electron chi connectivity index (χ2n) is 4.65. The Morgan fingerprint density at radius 1 is 1.41 bits per heavy atom. The van der Waals surface area contributed by atoms with E-state index in [0.29, 0.717) is 6.42 Å². The van der Waals surface area contributed by atoms with Gasteiger partial charge in [0.05, 0.1) is 6.04 Å². The van der Waals surface area contributed by atoms with Crippen LogP contribution in [0.2, 0.25) is 0 Å². The van der Waals surface area contributed by atoms with Crippen molar-refractivity contribution in [3.05, 3.63) is 0 Å². The first-order valence-corrected chi connectivity index (χ1v) is 6.33. The Hall–Kier alpha value is -0.940. The molecule has 0 saturated heterocycles. The minimum absolute atomic E-state index is 0.185. The quantitative estimate of drug-likeness (QED) is 0.423. The summed E-state index contributed by atoms with van der Waals surface area (Å²) in [5.74, 6) is -0.993. The van der Waals surface area contributed by atoms with Crippen LogP contribution in [-0.2, 0) is 9.59 Å². The summed E-state index contributed by atoms with van der Waals surface area (Å²) >= 11 is 0. The Morgan fingerprint density at radius 2 is 2.06 bits per heavy atom. The number of carbonyl (C=O) groups is 2. The Morgan fingerprint density at radius 3 is 2.53 bits per heavy atom. The molecule has 98 valence electrons. The van der Waals surface area contributed by atoms with E-state index in [2.05, 4.69) is 10.6 Å². The fourth-order valence-electron chi connectivity index (χ4n) is 1.63. The van der Waals surface area contributed by atoms with Crippen molar-refractivity contribution in [1.29, 1.82) is 0 Å². The summed E-state index contributed by atoms with van der Waals surface area (Å²) in [5, 5.41) is 14.7. The van der Waals surface area contributed by atoms with Crippen molar-refractivity contribution in [1.82, 2.24) is 10.6 Å². The molecule has 0 aliphatic heterocycles. The van der Waals surface area contributed by atoms with Crippen LogP contribution in [0, 0.1) is 0 Å². The van der Waals surface area contributed by atoms with Crippen molar-refractivity contribution < 1.29 is 14.7 Å². The van der Waals surface area contributed by atoms with E-state index in [1.54, 1.807) is 6.92 Å². The van der Waals surface area contributed by atoms with Crippen molar-refractivity contribution in [3.63, 3.8) is 0 Å². The Bertz CT molecular complexity index is 275. The molecule has 0 heterocycles. The Kier molecular flexibility index (Phi) is 5.58. The Balaban J connectivity index is 2.46. The van der Waals surface area contributed by atoms with Gasteiger partial charge in [-0.25, -0.2) is 0 Å². The van der Waals surface area contributed by atoms with Crippen LogP contribution in [0.25, 0.3) is 0 Å². The van der Waals surface area contributed by atoms with Crippen molar-refractivity contribution in [2.24, 2.45) is 0 Å². The monoisotopic (exact) mass is 242 g/mol. The van der Waals surface area contributed by atoms with Crippen LogP contribution in [0.4, 0.5) is 0 Å². The lowest BCUT2D eigenvalue weighted by Gasteiger charge is -2.18. The molecule has 2 atom stereocenters. The molecule has 1 amide bonds. The predicted molar refractivity (Wildman–Crippen MR) is 64.3 cm³/mol. The lowest BCUT2D eigenvalue weighted by Crippen LogP contribution is -2.48. The van der Waals surface area contributed by atoms with E-state index in [9.17, 15) is 14.7 Å². The maximum absolute atomic E-state index is 11.9. The molecule has 1 rings (SSSR count). The zero-order valence-corrected chi connectivity index (χ0v) is 10.5. The van der Waals surface area contributed by atoms with Crippen molar-refractivity contribution in [2.75, 3.05) is 0 Å². The number of rotatable bonds is 8. The van der Waals surface area contributed by atoms with Crippen LogP contribution in [0.5, 0.6) is 0 Å². The normalized spacial score (nSPS) is 18.5. The molecule has 0 aromatic carbocycles. The summed E-state index contributed by atoms with van der Waals surface area (Å²) in [6, 6.07) is -0.390. The molecule has 1 saturated carbocycles. The molecule has 17 heavy (non-hydrogen) atoms. The van der Waals surface area contributed by atoms with Gasteiger partial charge in [-0.05, 0) is 26.2 Å². The third kappa shape index (κ3) is 5.28. The number of Topliss-reactive ketones (excluding diaryl/α,β-unsaturated/α-hetero) is 1. The largest absolute Gasteiger partial charge is 0.379 e. The van der Waals surface area contributed by atoms with E-state index < -0.39 is 24.0 Å². The standard InChI is InChI=1S/C12H22N2O3/c1-3-4-5-10(13-8(2)15)11(16)12(17)14-9-6-7-9/h8-10,13,15H,3-7H2,1-2H3,(H,14,17). The highest BCUT2D eigenvalue weighted by Crippen LogP contribution is 2.18. The highest BCUT2D eigenvalue weighted by molar-refractivity contribution is 6.38. The summed E-state index contributed by atoms with van der Waals surface area (Å²) in [5.41, 5.74) is 0. The van der Waals surface area contributed by atoms with Crippen LogP contribution >= 0.6 is 0 Å². The fourth-order valence-corrected chi connectivity index (χ4v) is 1.63. The maximum Gasteiger partial charge on any atom is 0.289 e. The van der Waals surface area contributed by atoms with E-state index in [-0.39, 0.29) is 6.04 Å². The first kappa shape index (κ1) is 14.1. The number of carbonyl (C=O) groups excluding carboxylic acids is 2. The smallest absolute Gasteiger partial charge is 0.289 e. The van der Waals surface area contributed by atoms with Gasteiger partial charge >= 0.3 is 0 Å². The Labute approximate surface area is 102 Å². The molecular formula is C12H22N2O3. The molecule has 0 spiro atoms. The van der Waals surface area contributed by atoms with Crippen LogP contribution in [-0.4, -0.2) is 35.1 Å². The first-order valence-electron chi connectivity index (χ1n) is 6.33. The molecule has 0 aromatic heterocycles. The lowest BCUT2D eigenvalue weighted by molar-refractivity contribution is -0.139. The number of amides is 1. The van der Waals surface area contributed by atoms with E-state index >= 15 is 0 Å². The van der Waals surface area contributed by atoms with Gasteiger partial charge in [-0.2, -0.15) is 0 Å².